The summed E-state index contributed by atoms with van der Waals surface area (Å²) in [5.41, 5.74) is 3.08. The summed E-state index contributed by atoms with van der Waals surface area (Å²) in [6, 6.07) is 20.0. The number of carbonyl (C=O) groups excluding carboxylic acids is 1. The highest BCUT2D eigenvalue weighted by molar-refractivity contribution is 7.92. The first kappa shape index (κ1) is 25.8. The van der Waals surface area contributed by atoms with E-state index in [1.165, 1.54) is 18.2 Å². The zero-order chi connectivity index (χ0) is 25.9. The van der Waals surface area contributed by atoms with Crippen molar-refractivity contribution in [2.24, 2.45) is 0 Å². The second kappa shape index (κ2) is 10.7. The molecule has 0 fully saturated rings. The Morgan fingerprint density at radius 2 is 1.72 bits per heavy atom. The van der Waals surface area contributed by atoms with Crippen LogP contribution in [0.15, 0.2) is 82.2 Å². The van der Waals surface area contributed by atoms with Crippen LogP contribution in [0.5, 0.6) is 0 Å². The van der Waals surface area contributed by atoms with Crippen molar-refractivity contribution in [3.63, 3.8) is 0 Å². The summed E-state index contributed by atoms with van der Waals surface area (Å²) in [6.07, 6.45) is 0.147. The van der Waals surface area contributed by atoms with Gasteiger partial charge in [0.25, 0.3) is 10.0 Å². The van der Waals surface area contributed by atoms with Crippen LogP contribution in [0.1, 0.15) is 39.7 Å². The minimum atomic E-state index is -3.84. The molecule has 0 aliphatic rings. The van der Waals surface area contributed by atoms with E-state index < -0.39 is 10.0 Å². The van der Waals surface area contributed by atoms with E-state index in [-0.39, 0.29) is 29.0 Å². The van der Waals surface area contributed by atoms with Gasteiger partial charge in [-0.05, 0) is 61.9 Å². The molecule has 1 atom stereocenters. The molecule has 4 rings (SSSR count). The Balaban J connectivity index is 1.55. The van der Waals surface area contributed by atoms with Crippen LogP contribution >= 0.6 is 23.2 Å². The lowest BCUT2D eigenvalue weighted by atomic mass is 9.96. The van der Waals surface area contributed by atoms with Gasteiger partial charge < -0.3 is 9.84 Å². The number of rotatable bonds is 9. The third kappa shape index (κ3) is 6.26. The lowest BCUT2D eigenvalue weighted by Gasteiger charge is -2.21. The molecule has 0 saturated heterocycles. The van der Waals surface area contributed by atoms with E-state index >= 15 is 0 Å². The number of ketones is 1. The van der Waals surface area contributed by atoms with Crippen LogP contribution in [0.2, 0.25) is 10.0 Å². The van der Waals surface area contributed by atoms with Gasteiger partial charge in [-0.2, -0.15) is 0 Å². The van der Waals surface area contributed by atoms with Gasteiger partial charge in [0.05, 0.1) is 21.0 Å². The molecule has 0 bridgehead atoms. The van der Waals surface area contributed by atoms with E-state index in [1.807, 2.05) is 31.2 Å². The van der Waals surface area contributed by atoms with Gasteiger partial charge in [-0.3, -0.25) is 9.52 Å². The molecule has 0 radical (unpaired) electrons. The Kier molecular flexibility index (Phi) is 7.68. The van der Waals surface area contributed by atoms with Crippen LogP contribution in [0, 0.1) is 13.8 Å². The topological polar surface area (TPSA) is 101 Å². The molecule has 0 aliphatic carbocycles. The van der Waals surface area contributed by atoms with Gasteiger partial charge in [0.15, 0.2) is 11.6 Å². The molecule has 7 nitrogen and oxygen atoms in total. The van der Waals surface area contributed by atoms with Gasteiger partial charge in [0, 0.05) is 23.7 Å². The molecule has 0 amide bonds. The van der Waals surface area contributed by atoms with Gasteiger partial charge in [0.1, 0.15) is 5.76 Å². The van der Waals surface area contributed by atoms with E-state index in [4.69, 9.17) is 27.7 Å². The number of carbonyl (C=O) groups is 1. The molecule has 186 valence electrons. The number of hydrogen-bond acceptors (Lipinski definition) is 6. The molecule has 2 N–H and O–H groups in total. The number of halogens is 2. The van der Waals surface area contributed by atoms with E-state index in [0.717, 1.165) is 11.1 Å². The van der Waals surface area contributed by atoms with Crippen LogP contribution in [0.25, 0.3) is 0 Å². The predicted octanol–water partition coefficient (Wildman–Crippen LogP) is 6.83. The first-order valence-corrected chi connectivity index (χ1v) is 13.2. The number of aryl methyl sites for hydroxylation is 2. The van der Waals surface area contributed by atoms with Crippen LogP contribution in [0.3, 0.4) is 0 Å². The lowest BCUT2D eigenvalue weighted by molar-refractivity contribution is 0.0976. The molecule has 10 heteroatoms. The number of hydrogen-bond donors (Lipinski definition) is 2. The van der Waals surface area contributed by atoms with Crippen molar-refractivity contribution >= 4 is 50.5 Å². The van der Waals surface area contributed by atoms with E-state index in [0.29, 0.717) is 27.1 Å². The number of benzene rings is 3. The summed E-state index contributed by atoms with van der Waals surface area (Å²) in [5, 5.41) is 7.71. The maximum atomic E-state index is 13.1. The zero-order valence-corrected chi connectivity index (χ0v) is 21.8. The molecule has 0 aliphatic heterocycles. The fourth-order valence-corrected chi connectivity index (χ4v) is 4.94. The molecule has 1 unspecified atom stereocenters. The summed E-state index contributed by atoms with van der Waals surface area (Å²) in [4.78, 5) is 13.1. The molecule has 36 heavy (non-hydrogen) atoms. The lowest BCUT2D eigenvalue weighted by Crippen LogP contribution is -2.16. The molecule has 4 aromatic rings. The largest absolute Gasteiger partial charge is 0.378 e. The molecular formula is C26H23Cl2N3O4S. The molecule has 1 aromatic heterocycles. The Labute approximate surface area is 219 Å². The SMILES string of the molecule is Cc1cccc(C(CC(=O)c2ccc(Cl)c(Cl)c2)Nc2ccc(S(=O)(=O)Nc3cc(C)on3)cc2)c1. The highest BCUT2D eigenvalue weighted by atomic mass is 35.5. The standard InChI is InChI=1S/C26H23Cl2N3O4S/c1-16-4-3-5-18(12-16)24(15-25(32)19-6-11-22(27)23(28)14-19)29-20-7-9-21(10-8-20)36(33,34)31-26-13-17(2)35-30-26/h3-14,24,29H,15H2,1-2H3,(H,30,31). The number of aromatic nitrogens is 1. The van der Waals surface area contributed by atoms with Gasteiger partial charge in [0.2, 0.25) is 0 Å². The van der Waals surface area contributed by atoms with Crippen molar-refractivity contribution in [2.75, 3.05) is 10.0 Å². The first-order chi connectivity index (χ1) is 17.1. The van der Waals surface area contributed by atoms with Crippen LogP contribution < -0.4 is 10.0 Å². The minimum absolute atomic E-state index is 0.0627. The maximum absolute atomic E-state index is 13.1. The molecule has 0 saturated carbocycles. The van der Waals surface area contributed by atoms with Gasteiger partial charge in [-0.25, -0.2) is 8.42 Å². The molecule has 3 aromatic carbocycles. The fourth-order valence-electron chi connectivity index (χ4n) is 3.65. The van der Waals surface area contributed by atoms with Gasteiger partial charge in [-0.15, -0.1) is 0 Å². The fraction of sp³-hybridized carbons (Fsp3) is 0.154. The minimum Gasteiger partial charge on any atom is -0.378 e. The molecular weight excluding hydrogens is 521 g/mol. The van der Waals surface area contributed by atoms with Gasteiger partial charge >= 0.3 is 0 Å². The Morgan fingerprint density at radius 3 is 2.36 bits per heavy atom. The number of Topliss-reactive ketones (excluding diaryl/α,β-unsaturated/α-hetero) is 1. The quantitative estimate of drug-likeness (QED) is 0.224. The first-order valence-electron chi connectivity index (χ1n) is 11.0. The third-order valence-electron chi connectivity index (χ3n) is 5.45. The Morgan fingerprint density at radius 1 is 0.972 bits per heavy atom. The van der Waals surface area contributed by atoms with Crippen molar-refractivity contribution in [3.8, 4) is 0 Å². The summed E-state index contributed by atoms with van der Waals surface area (Å²) in [7, 11) is -3.84. The summed E-state index contributed by atoms with van der Waals surface area (Å²) >= 11 is 12.1. The molecule has 0 spiro atoms. The van der Waals surface area contributed by atoms with Crippen molar-refractivity contribution in [3.05, 3.63) is 105 Å². The number of nitrogens with one attached hydrogen (secondary N) is 2. The van der Waals surface area contributed by atoms with E-state index in [2.05, 4.69) is 15.2 Å². The van der Waals surface area contributed by atoms with Crippen LogP contribution in [-0.2, 0) is 10.0 Å². The van der Waals surface area contributed by atoms with Gasteiger partial charge in [-0.1, -0.05) is 58.2 Å². The van der Waals surface area contributed by atoms with Crippen molar-refractivity contribution < 1.29 is 17.7 Å². The van der Waals surface area contributed by atoms with Crippen LogP contribution in [0.4, 0.5) is 11.5 Å². The van der Waals surface area contributed by atoms with Crippen molar-refractivity contribution in [1.29, 1.82) is 0 Å². The third-order valence-corrected chi connectivity index (χ3v) is 7.56. The second-order valence-corrected chi connectivity index (χ2v) is 10.8. The number of sulfonamides is 1. The summed E-state index contributed by atoms with van der Waals surface area (Å²) in [5.74, 6) is 0.485. The highest BCUT2D eigenvalue weighted by Crippen LogP contribution is 2.28. The second-order valence-electron chi connectivity index (χ2n) is 8.32. The summed E-state index contributed by atoms with van der Waals surface area (Å²) < 4.78 is 32.6. The van der Waals surface area contributed by atoms with E-state index in [9.17, 15) is 13.2 Å². The average molecular weight is 544 g/mol. The van der Waals surface area contributed by atoms with E-state index in [1.54, 1.807) is 37.3 Å². The smallest absolute Gasteiger partial charge is 0.263 e. The van der Waals surface area contributed by atoms with Crippen molar-refractivity contribution in [2.45, 2.75) is 31.2 Å². The average Bonchev–Trinajstić information content (AvgIpc) is 3.24. The molecule has 1 heterocycles. The number of anilines is 2. The zero-order valence-electron chi connectivity index (χ0n) is 19.5. The number of nitrogens with zero attached hydrogens (tertiary/aromatic N) is 1. The Hall–Kier alpha value is -3.33. The van der Waals surface area contributed by atoms with Crippen LogP contribution in [-0.4, -0.2) is 19.4 Å². The maximum Gasteiger partial charge on any atom is 0.263 e. The normalized spacial score (nSPS) is 12.2. The summed E-state index contributed by atoms with van der Waals surface area (Å²) in [6.45, 7) is 3.65. The monoisotopic (exact) mass is 543 g/mol. The predicted molar refractivity (Wildman–Crippen MR) is 141 cm³/mol. The highest BCUT2D eigenvalue weighted by Gasteiger charge is 2.20. The Bertz CT molecular complexity index is 1500. The van der Waals surface area contributed by atoms with Crippen molar-refractivity contribution in [1.82, 2.24) is 5.16 Å².